The van der Waals surface area contributed by atoms with Gasteiger partial charge in [-0.05, 0) is 0 Å². The zero-order chi connectivity index (χ0) is 0. The van der Waals surface area contributed by atoms with Crippen molar-refractivity contribution in [1.82, 2.24) is 0 Å². The maximum Gasteiger partial charge on any atom is 6.00 e. The molecule has 0 aliphatic rings. The Kier molecular flexibility index (Phi) is 9670. The van der Waals surface area contributed by atoms with Gasteiger partial charge in [0.1, 0.15) is 0 Å². The van der Waals surface area contributed by atoms with Crippen molar-refractivity contribution in [2.45, 2.75) is 0 Å². The normalized spacial score (nSPS) is 0. The van der Waals surface area contributed by atoms with Crippen LogP contribution < -0.4 is 0 Å². The molecule has 0 N–H and O–H groups in total. The average Bonchev–Trinajstić information content (AvgIpc) is 0. The molecule has 0 unspecified atom stereocenters. The van der Waals surface area contributed by atoms with Gasteiger partial charge < -0.3 is 27.4 Å². The summed E-state index contributed by atoms with van der Waals surface area (Å²) in [7, 11) is 0. The molecule has 7 heavy (non-hydrogen) atoms. The van der Waals surface area contributed by atoms with Crippen LogP contribution in [0.15, 0.2) is 0 Å². The van der Waals surface area contributed by atoms with Crippen LogP contribution in [0.5, 0.6) is 0 Å². The summed E-state index contributed by atoms with van der Waals surface area (Å²) in [5, 5.41) is 0. The van der Waals surface area contributed by atoms with Gasteiger partial charge in [-0.2, -0.15) is 0 Å². The quantitative estimate of drug-likeness (QED) is 0.487. The van der Waals surface area contributed by atoms with Gasteiger partial charge in [0.15, 0.2) is 0 Å². The van der Waals surface area contributed by atoms with Crippen LogP contribution in [0.25, 0.3) is 0 Å². The first-order chi connectivity index (χ1) is 0. The molecule has 0 heterocycles. The van der Waals surface area contributed by atoms with E-state index in [1.54, 1.807) is 0 Å². The molecular weight excluding hydrogens is 251 g/mol. The van der Waals surface area contributed by atoms with Crippen LogP contribution in [0.4, 0.5) is 0 Å². The summed E-state index contributed by atoms with van der Waals surface area (Å²) < 4.78 is 0. The van der Waals surface area contributed by atoms with Gasteiger partial charge in [0.2, 0.25) is 0 Å². The summed E-state index contributed by atoms with van der Waals surface area (Å²) in [5.41, 5.74) is 0. The van der Waals surface area contributed by atoms with Gasteiger partial charge in [0, 0.05) is 0 Å². The van der Waals surface area contributed by atoms with Crippen molar-refractivity contribution in [1.29, 1.82) is 0 Å². The minimum Gasteiger partial charge on any atom is -2.00 e. The number of hydrogen-bond acceptors (Lipinski definition) is 0. The Labute approximate surface area is 68.7 Å². The zero-order valence-corrected chi connectivity index (χ0v) is 7.08. The van der Waals surface area contributed by atoms with Crippen molar-refractivity contribution < 1.29 is 44.7 Å². The van der Waals surface area contributed by atoms with Crippen molar-refractivity contribution in [3.8, 4) is 0 Å². The molecule has 0 rings (SSSR count). The fraction of sp³-hybridized carbons (Fsp3) is 0. The Balaban J connectivity index is 0. The van der Waals surface area contributed by atoms with E-state index < -0.39 is 0 Å². The van der Waals surface area contributed by atoms with E-state index >= 15 is 0 Å². The molecule has 0 aromatic rings. The Morgan fingerprint density at radius 1 is 0.429 bits per heavy atom. The molecule has 5 nitrogen and oxygen atoms in total. The third-order valence-corrected chi connectivity index (χ3v) is 0. The van der Waals surface area contributed by atoms with Crippen LogP contribution in [-0.2, 0) is 44.7 Å². The summed E-state index contributed by atoms with van der Waals surface area (Å²) in [6, 6.07) is 0. The van der Waals surface area contributed by atoms with Crippen molar-refractivity contribution >= 4 is 23.9 Å². The monoisotopic (exact) mass is 252 g/mol. The maximum absolute atomic E-state index is 0. The second-order valence-corrected chi connectivity index (χ2v) is 0. The summed E-state index contributed by atoms with van der Waals surface area (Å²) in [6.07, 6.45) is 0. The van der Waals surface area contributed by atoms with Crippen LogP contribution in [0, 0.1) is 0 Å². The Hall–Kier alpha value is 1.13. The molecule has 0 fully saturated rings. The number of hydrogen-bond donors (Lipinski definition) is 0. The Bertz CT molecular complexity index is 8.04. The predicted molar refractivity (Wildman–Crippen MR) is 9.19 cm³/mol. The molecule has 0 aromatic carbocycles. The molecule has 0 atom stereocenters. The minimum absolute atomic E-state index is 0. The second-order valence-electron chi connectivity index (χ2n) is 0. The summed E-state index contributed by atoms with van der Waals surface area (Å²) >= 11 is 0. The molecule has 0 amide bonds. The predicted octanol–water partition coefficient (Wildman–Crippen LogP) is -0.977. The van der Waals surface area contributed by atoms with E-state index in [0.717, 1.165) is 0 Å². The van der Waals surface area contributed by atoms with Crippen LogP contribution in [0.1, 0.15) is 0 Å². The van der Waals surface area contributed by atoms with Gasteiger partial charge in [-0.1, -0.05) is 0 Å². The molecule has 40 valence electrons. The van der Waals surface area contributed by atoms with Crippen molar-refractivity contribution in [3.63, 3.8) is 0 Å². The second kappa shape index (κ2) is 210. The first-order valence-corrected chi connectivity index (χ1v) is 0. The largest absolute Gasteiger partial charge is 6.00 e. The van der Waals surface area contributed by atoms with Gasteiger partial charge in [-0.25, -0.2) is 0 Å². The molecule has 0 saturated carbocycles. The molecule has 0 aliphatic heterocycles. The van der Waals surface area contributed by atoms with Crippen molar-refractivity contribution in [2.75, 3.05) is 0 Å². The molecule has 0 aliphatic carbocycles. The van der Waals surface area contributed by atoms with E-state index in [9.17, 15) is 0 Å². The third kappa shape index (κ3) is 147. The van der Waals surface area contributed by atoms with Gasteiger partial charge >= 0.3 is 41.3 Å². The zero-order valence-electron chi connectivity index (χ0n) is 2.95. The molecule has 0 radical (unpaired) electrons. The Morgan fingerprint density at radius 2 is 0.429 bits per heavy atom. The van der Waals surface area contributed by atoms with Crippen molar-refractivity contribution in [3.05, 3.63) is 0 Å². The summed E-state index contributed by atoms with van der Waals surface area (Å²) in [4.78, 5) is 0. The van der Waals surface area contributed by atoms with E-state index in [0.29, 0.717) is 0 Å². The van der Waals surface area contributed by atoms with Gasteiger partial charge in [0.25, 0.3) is 0 Å². The van der Waals surface area contributed by atoms with Gasteiger partial charge in [0.05, 0.1) is 0 Å². The van der Waals surface area contributed by atoms with Crippen LogP contribution in [0.2, 0.25) is 0 Å². The molecule has 0 saturated heterocycles. The molecule has 7 heteroatoms. The Morgan fingerprint density at radius 3 is 0.429 bits per heavy atom. The molecule has 0 spiro atoms. The SMILES string of the molecule is [Cr+6].[O-2].[O-2].[O-2].[O-2].[O-2].[Sn+4]. The maximum atomic E-state index is 0. The summed E-state index contributed by atoms with van der Waals surface area (Å²) in [6.45, 7) is 0. The van der Waals surface area contributed by atoms with Crippen LogP contribution >= 0.6 is 0 Å². The fourth-order valence-corrected chi connectivity index (χ4v) is 0. The number of rotatable bonds is 0. The van der Waals surface area contributed by atoms with E-state index in [-0.39, 0.29) is 68.6 Å². The van der Waals surface area contributed by atoms with Crippen molar-refractivity contribution in [2.24, 2.45) is 0 Å². The first kappa shape index (κ1) is 323. The van der Waals surface area contributed by atoms with E-state index in [1.165, 1.54) is 0 Å². The summed E-state index contributed by atoms with van der Waals surface area (Å²) in [5.74, 6) is 0. The average molecular weight is 251 g/mol. The fourth-order valence-electron chi connectivity index (χ4n) is 0. The molecule has 0 aromatic heterocycles. The molecular formula is CrO5Sn. The van der Waals surface area contributed by atoms with E-state index in [4.69, 9.17) is 0 Å². The van der Waals surface area contributed by atoms with Crippen LogP contribution in [0.3, 0.4) is 0 Å². The van der Waals surface area contributed by atoms with E-state index in [2.05, 4.69) is 0 Å². The van der Waals surface area contributed by atoms with Crippen LogP contribution in [-0.4, -0.2) is 23.9 Å². The van der Waals surface area contributed by atoms with Gasteiger partial charge in [-0.15, -0.1) is 0 Å². The topological polar surface area (TPSA) is 142 Å². The van der Waals surface area contributed by atoms with Gasteiger partial charge in [-0.3, -0.25) is 0 Å². The standard InChI is InChI=1S/Cr.5O.Sn/q+6;5*-2;+4. The molecule has 0 bridgehead atoms. The third-order valence-electron chi connectivity index (χ3n) is 0. The first-order valence-electron chi connectivity index (χ1n) is 0. The minimum atomic E-state index is 0. The smallest absolute Gasteiger partial charge is 2.00 e. The van der Waals surface area contributed by atoms with E-state index in [1.807, 2.05) is 0 Å².